The summed E-state index contributed by atoms with van der Waals surface area (Å²) in [5.41, 5.74) is 0.716. The number of hydrogen-bond donors (Lipinski definition) is 1. The zero-order valence-corrected chi connectivity index (χ0v) is 16.6. The van der Waals surface area contributed by atoms with Gasteiger partial charge in [0.25, 0.3) is 0 Å². The molecule has 0 heterocycles. The number of hydrogen-bond acceptors (Lipinski definition) is 3. The zero-order valence-electron chi connectivity index (χ0n) is 16.6. The van der Waals surface area contributed by atoms with Crippen molar-refractivity contribution in [3.63, 3.8) is 0 Å². The number of allylic oxidation sites excluding steroid dienone is 1. The zero-order chi connectivity index (χ0) is 18.9. The van der Waals surface area contributed by atoms with Crippen LogP contribution in [-0.4, -0.2) is 23.3 Å². The van der Waals surface area contributed by atoms with Crippen LogP contribution in [0.4, 0.5) is 0 Å². The van der Waals surface area contributed by atoms with Gasteiger partial charge in [-0.05, 0) is 62.7 Å². The second kappa shape index (κ2) is 7.26. The van der Waals surface area contributed by atoms with Crippen molar-refractivity contribution < 1.29 is 14.6 Å². The predicted molar refractivity (Wildman–Crippen MR) is 102 cm³/mol. The summed E-state index contributed by atoms with van der Waals surface area (Å²) in [6, 6.07) is 0. The number of ether oxygens (including phenoxy) is 1. The van der Waals surface area contributed by atoms with Gasteiger partial charge in [-0.2, -0.15) is 0 Å². The number of carbonyl (C=O) groups is 1. The Bertz CT molecular complexity index is 535. The van der Waals surface area contributed by atoms with Crippen LogP contribution in [0.3, 0.4) is 0 Å². The molecule has 0 spiro atoms. The van der Waals surface area contributed by atoms with E-state index in [1.54, 1.807) is 6.08 Å². The van der Waals surface area contributed by atoms with Gasteiger partial charge in [0.15, 0.2) is 0 Å². The van der Waals surface area contributed by atoms with Gasteiger partial charge >= 0.3 is 5.97 Å². The summed E-state index contributed by atoms with van der Waals surface area (Å²) >= 11 is 0. The van der Waals surface area contributed by atoms with Gasteiger partial charge in [0, 0.05) is 12.3 Å². The third-order valence-electron chi connectivity index (χ3n) is 7.13. The minimum atomic E-state index is -0.820. The van der Waals surface area contributed by atoms with Crippen molar-refractivity contribution in [3.05, 3.63) is 24.8 Å². The summed E-state index contributed by atoms with van der Waals surface area (Å²) < 4.78 is 5.46. The lowest BCUT2D eigenvalue weighted by Gasteiger charge is -2.58. The fourth-order valence-electron chi connectivity index (χ4n) is 5.59. The molecule has 0 aromatic heterocycles. The third-order valence-corrected chi connectivity index (χ3v) is 7.13. The number of aliphatic hydroxyl groups is 1. The average molecular weight is 349 g/mol. The van der Waals surface area contributed by atoms with Crippen LogP contribution in [0.2, 0.25) is 0 Å². The first-order chi connectivity index (χ1) is 11.5. The van der Waals surface area contributed by atoms with Gasteiger partial charge in [-0.3, -0.25) is 4.79 Å². The highest BCUT2D eigenvalue weighted by atomic mass is 16.5. The van der Waals surface area contributed by atoms with Crippen molar-refractivity contribution in [2.24, 2.45) is 22.7 Å². The Morgan fingerprint density at radius 1 is 1.44 bits per heavy atom. The molecule has 2 aliphatic carbocycles. The molecule has 0 radical (unpaired) electrons. The molecule has 3 heteroatoms. The first-order valence-electron chi connectivity index (χ1n) is 9.71. The standard InChI is InChI=1S/C22H36O3/c1-7-21(5,24)14-11-18-16(2)9-10-19-20(4,15-25-17(3)23)12-8-13-22(18,19)6/h7,18-19,24H,1-2,8-15H2,3-6H3. The molecule has 25 heavy (non-hydrogen) atoms. The maximum absolute atomic E-state index is 11.4. The van der Waals surface area contributed by atoms with Crippen LogP contribution in [0.1, 0.15) is 72.6 Å². The van der Waals surface area contributed by atoms with E-state index in [4.69, 9.17) is 4.74 Å². The number of esters is 1. The van der Waals surface area contributed by atoms with Gasteiger partial charge in [-0.15, -0.1) is 6.58 Å². The molecule has 0 saturated heterocycles. The molecular formula is C22H36O3. The van der Waals surface area contributed by atoms with Gasteiger partial charge in [-0.1, -0.05) is 38.5 Å². The van der Waals surface area contributed by atoms with Crippen molar-refractivity contribution in [2.45, 2.75) is 78.2 Å². The summed E-state index contributed by atoms with van der Waals surface area (Å²) in [7, 11) is 0. The van der Waals surface area contributed by atoms with E-state index < -0.39 is 5.60 Å². The van der Waals surface area contributed by atoms with Crippen LogP contribution in [0.15, 0.2) is 24.8 Å². The second-order valence-electron chi connectivity index (χ2n) is 9.20. The minimum Gasteiger partial charge on any atom is -0.465 e. The van der Waals surface area contributed by atoms with Crippen molar-refractivity contribution in [1.29, 1.82) is 0 Å². The molecule has 0 aliphatic heterocycles. The molecule has 1 N–H and O–H groups in total. The SMILES string of the molecule is C=CC(C)(O)CCC1C(=C)CCC2C(C)(COC(C)=O)CCCC12C. The monoisotopic (exact) mass is 348 g/mol. The highest BCUT2D eigenvalue weighted by Crippen LogP contribution is 2.62. The predicted octanol–water partition coefficient (Wildman–Crippen LogP) is 5.05. The fourth-order valence-corrected chi connectivity index (χ4v) is 5.59. The Labute approximate surface area is 153 Å². The summed E-state index contributed by atoms with van der Waals surface area (Å²) in [5.74, 6) is 0.749. The lowest BCUT2D eigenvalue weighted by molar-refractivity contribution is -0.152. The number of rotatable bonds is 6. The average Bonchev–Trinajstić information content (AvgIpc) is 2.52. The third kappa shape index (κ3) is 4.19. The number of fused-ring (bicyclic) bond motifs is 1. The van der Waals surface area contributed by atoms with Gasteiger partial charge in [-0.25, -0.2) is 0 Å². The minimum absolute atomic E-state index is 0.0403. The van der Waals surface area contributed by atoms with E-state index >= 15 is 0 Å². The number of carbonyl (C=O) groups excluding carboxylic acids is 1. The molecule has 0 amide bonds. The lowest BCUT2D eigenvalue weighted by atomic mass is 9.46. The highest BCUT2D eigenvalue weighted by molar-refractivity contribution is 5.65. The van der Waals surface area contributed by atoms with E-state index in [0.717, 1.165) is 32.1 Å². The van der Waals surface area contributed by atoms with E-state index in [1.807, 2.05) is 6.92 Å². The Morgan fingerprint density at radius 2 is 2.12 bits per heavy atom. The molecule has 0 bridgehead atoms. The normalized spacial score (nSPS) is 37.7. The first-order valence-corrected chi connectivity index (χ1v) is 9.71. The molecular weight excluding hydrogens is 312 g/mol. The molecule has 2 aliphatic rings. The maximum Gasteiger partial charge on any atom is 0.302 e. The van der Waals surface area contributed by atoms with E-state index in [-0.39, 0.29) is 16.8 Å². The van der Waals surface area contributed by atoms with E-state index in [0.29, 0.717) is 24.9 Å². The van der Waals surface area contributed by atoms with E-state index in [2.05, 4.69) is 27.0 Å². The summed E-state index contributed by atoms with van der Waals surface area (Å²) in [5, 5.41) is 10.4. The van der Waals surface area contributed by atoms with Gasteiger partial charge < -0.3 is 9.84 Å². The molecule has 0 aromatic carbocycles. The van der Waals surface area contributed by atoms with E-state index in [9.17, 15) is 9.90 Å². The van der Waals surface area contributed by atoms with Gasteiger partial charge in [0.2, 0.25) is 0 Å². The van der Waals surface area contributed by atoms with Crippen molar-refractivity contribution >= 4 is 5.97 Å². The highest BCUT2D eigenvalue weighted by Gasteiger charge is 2.54. The summed E-state index contributed by atoms with van der Waals surface area (Å²) in [6.45, 7) is 16.7. The Balaban J connectivity index is 2.23. The van der Waals surface area contributed by atoms with Crippen LogP contribution in [0, 0.1) is 22.7 Å². The molecule has 3 nitrogen and oxygen atoms in total. The Kier molecular flexibility index (Phi) is 5.88. The van der Waals surface area contributed by atoms with Crippen molar-refractivity contribution in [3.8, 4) is 0 Å². The van der Waals surface area contributed by atoms with Gasteiger partial charge in [0.1, 0.15) is 0 Å². The maximum atomic E-state index is 11.4. The quantitative estimate of drug-likeness (QED) is 0.540. The van der Waals surface area contributed by atoms with E-state index in [1.165, 1.54) is 18.9 Å². The van der Waals surface area contributed by atoms with Gasteiger partial charge in [0.05, 0.1) is 12.2 Å². The summed E-state index contributed by atoms with van der Waals surface area (Å²) in [6.07, 6.45) is 8.92. The Morgan fingerprint density at radius 3 is 2.72 bits per heavy atom. The molecule has 0 aromatic rings. The van der Waals surface area contributed by atoms with Crippen LogP contribution in [0.25, 0.3) is 0 Å². The first kappa shape index (κ1) is 20.2. The largest absolute Gasteiger partial charge is 0.465 e. The topological polar surface area (TPSA) is 46.5 Å². The van der Waals surface area contributed by atoms with Crippen LogP contribution in [0.5, 0.6) is 0 Å². The van der Waals surface area contributed by atoms with Crippen molar-refractivity contribution in [1.82, 2.24) is 0 Å². The second-order valence-corrected chi connectivity index (χ2v) is 9.20. The van der Waals surface area contributed by atoms with Crippen LogP contribution < -0.4 is 0 Å². The molecule has 2 saturated carbocycles. The molecule has 5 atom stereocenters. The molecule has 5 unspecified atom stereocenters. The smallest absolute Gasteiger partial charge is 0.302 e. The van der Waals surface area contributed by atoms with Crippen LogP contribution in [-0.2, 0) is 9.53 Å². The fraction of sp³-hybridized carbons (Fsp3) is 0.773. The van der Waals surface area contributed by atoms with Crippen LogP contribution >= 0.6 is 0 Å². The summed E-state index contributed by atoms with van der Waals surface area (Å²) in [4.78, 5) is 11.4. The Hall–Kier alpha value is -1.09. The van der Waals surface area contributed by atoms with Crippen molar-refractivity contribution in [2.75, 3.05) is 6.61 Å². The molecule has 2 fully saturated rings. The molecule has 2 rings (SSSR count). The lowest BCUT2D eigenvalue weighted by Crippen LogP contribution is -2.52. The molecule has 142 valence electrons.